The Morgan fingerprint density at radius 2 is 1.96 bits per heavy atom. The summed E-state index contributed by atoms with van der Waals surface area (Å²) < 4.78 is 5.39. The van der Waals surface area contributed by atoms with Crippen molar-refractivity contribution in [3.05, 3.63) is 64.2 Å². The number of nitrogens with zero attached hydrogens (tertiary/aromatic N) is 1. The Morgan fingerprint density at radius 3 is 2.56 bits per heavy atom. The number of hydrogen-bond donors (Lipinski definition) is 1. The van der Waals surface area contributed by atoms with Crippen LogP contribution in [0.5, 0.6) is 5.75 Å². The monoisotopic (exact) mass is 356 g/mol. The minimum atomic E-state index is -0.209. The van der Waals surface area contributed by atoms with E-state index in [0.717, 1.165) is 6.42 Å². The summed E-state index contributed by atoms with van der Waals surface area (Å²) in [5, 5.41) is 11.9. The van der Waals surface area contributed by atoms with E-state index in [4.69, 9.17) is 21.6 Å². The zero-order valence-electron chi connectivity index (χ0n) is 14.4. The number of halogens is 1. The molecule has 0 saturated carbocycles. The van der Waals surface area contributed by atoms with Gasteiger partial charge in [0.25, 0.3) is 5.91 Å². The molecule has 0 aliphatic rings. The number of carbonyl (C=O) groups excluding carboxylic acids is 1. The fraction of sp³-hybridized carbons (Fsp3) is 0.300. The summed E-state index contributed by atoms with van der Waals surface area (Å²) in [6.07, 6.45) is 0.766. The normalized spacial score (nSPS) is 10.4. The minimum absolute atomic E-state index is 0.113. The minimum Gasteiger partial charge on any atom is -0.482 e. The number of rotatable bonds is 7. The van der Waals surface area contributed by atoms with E-state index in [9.17, 15) is 4.79 Å². The van der Waals surface area contributed by atoms with Gasteiger partial charge >= 0.3 is 0 Å². The van der Waals surface area contributed by atoms with E-state index in [1.165, 1.54) is 17.2 Å². The van der Waals surface area contributed by atoms with Gasteiger partial charge in [-0.05, 0) is 41.7 Å². The van der Waals surface area contributed by atoms with Crippen molar-refractivity contribution in [2.75, 3.05) is 13.2 Å². The summed E-state index contributed by atoms with van der Waals surface area (Å²) in [6.45, 7) is 4.76. The maximum absolute atomic E-state index is 11.9. The Labute approximate surface area is 153 Å². The van der Waals surface area contributed by atoms with E-state index in [1.54, 1.807) is 12.1 Å². The van der Waals surface area contributed by atoms with Crippen LogP contribution in [0.2, 0.25) is 5.02 Å². The summed E-state index contributed by atoms with van der Waals surface area (Å²) >= 11 is 6.00. The number of nitrogens with one attached hydrogen (secondary N) is 1. The van der Waals surface area contributed by atoms with Gasteiger partial charge in [-0.1, -0.05) is 49.7 Å². The molecular weight excluding hydrogens is 336 g/mol. The predicted octanol–water partition coefficient (Wildman–Crippen LogP) is 4.07. The van der Waals surface area contributed by atoms with Crippen molar-refractivity contribution < 1.29 is 9.53 Å². The Bertz CT molecular complexity index is 764. The first kappa shape index (κ1) is 18.8. The maximum Gasteiger partial charge on any atom is 0.257 e. The van der Waals surface area contributed by atoms with Crippen LogP contribution in [-0.4, -0.2) is 19.1 Å². The molecule has 0 aromatic heterocycles. The smallest absolute Gasteiger partial charge is 0.257 e. The molecule has 0 unspecified atom stereocenters. The molecule has 0 atom stereocenters. The van der Waals surface area contributed by atoms with Crippen molar-refractivity contribution in [1.82, 2.24) is 5.32 Å². The highest BCUT2D eigenvalue weighted by atomic mass is 35.5. The number of amides is 1. The van der Waals surface area contributed by atoms with Crippen LogP contribution in [0.1, 0.15) is 36.5 Å². The fourth-order valence-electron chi connectivity index (χ4n) is 2.30. The van der Waals surface area contributed by atoms with Gasteiger partial charge in [0.2, 0.25) is 0 Å². The van der Waals surface area contributed by atoms with Crippen molar-refractivity contribution in [1.29, 1.82) is 5.26 Å². The first-order valence-corrected chi connectivity index (χ1v) is 8.55. The van der Waals surface area contributed by atoms with Gasteiger partial charge in [0, 0.05) is 6.54 Å². The van der Waals surface area contributed by atoms with Gasteiger partial charge in [-0.15, -0.1) is 0 Å². The van der Waals surface area contributed by atoms with Crippen LogP contribution in [0.4, 0.5) is 0 Å². The van der Waals surface area contributed by atoms with Gasteiger partial charge in [-0.3, -0.25) is 4.79 Å². The Hall–Kier alpha value is -2.51. The third kappa shape index (κ3) is 5.81. The molecule has 0 aliphatic heterocycles. The van der Waals surface area contributed by atoms with E-state index in [1.807, 2.05) is 6.07 Å². The van der Waals surface area contributed by atoms with E-state index in [2.05, 4.69) is 43.4 Å². The molecule has 5 heteroatoms. The van der Waals surface area contributed by atoms with Crippen molar-refractivity contribution in [2.45, 2.75) is 26.2 Å². The summed E-state index contributed by atoms with van der Waals surface area (Å²) in [5.74, 6) is 0.694. The molecule has 1 amide bonds. The standard InChI is InChI=1S/C20H21ClN2O2/c1-14(2)17-6-3-15(4-7-17)9-10-23-20(24)13-25-19-8-5-16(12-22)11-18(19)21/h3-8,11,14H,9-10,13H2,1-2H3,(H,23,24). The SMILES string of the molecule is CC(C)c1ccc(CCNC(=O)COc2ccc(C#N)cc2Cl)cc1. The molecule has 2 aromatic rings. The highest BCUT2D eigenvalue weighted by Gasteiger charge is 2.07. The van der Waals surface area contributed by atoms with Crippen LogP contribution >= 0.6 is 11.6 Å². The topological polar surface area (TPSA) is 62.1 Å². The number of hydrogen-bond acceptors (Lipinski definition) is 3. The Balaban J connectivity index is 1.75. The second kappa shape index (κ2) is 9.10. The third-order valence-corrected chi connectivity index (χ3v) is 4.10. The number of benzene rings is 2. The van der Waals surface area contributed by atoms with Crippen LogP contribution in [0, 0.1) is 11.3 Å². The van der Waals surface area contributed by atoms with Crippen molar-refractivity contribution in [3.8, 4) is 11.8 Å². The van der Waals surface area contributed by atoms with Crippen LogP contribution in [-0.2, 0) is 11.2 Å². The molecule has 0 fully saturated rings. The van der Waals surface area contributed by atoms with E-state index < -0.39 is 0 Å². The average molecular weight is 357 g/mol. The van der Waals surface area contributed by atoms with Crippen LogP contribution < -0.4 is 10.1 Å². The van der Waals surface area contributed by atoms with Crippen LogP contribution in [0.15, 0.2) is 42.5 Å². The summed E-state index contributed by atoms with van der Waals surface area (Å²) in [7, 11) is 0. The average Bonchev–Trinajstić information content (AvgIpc) is 2.61. The zero-order valence-corrected chi connectivity index (χ0v) is 15.1. The van der Waals surface area contributed by atoms with Crippen molar-refractivity contribution in [3.63, 3.8) is 0 Å². The summed E-state index contributed by atoms with van der Waals surface area (Å²) in [6, 6.07) is 15.1. The van der Waals surface area contributed by atoms with Gasteiger partial charge in [-0.25, -0.2) is 0 Å². The Kier molecular flexibility index (Phi) is 6.85. The molecule has 2 aromatic carbocycles. The first-order valence-electron chi connectivity index (χ1n) is 8.17. The van der Waals surface area contributed by atoms with Gasteiger partial charge < -0.3 is 10.1 Å². The highest BCUT2D eigenvalue weighted by molar-refractivity contribution is 6.32. The summed E-state index contributed by atoms with van der Waals surface area (Å²) in [5.41, 5.74) is 2.94. The lowest BCUT2D eigenvalue weighted by Gasteiger charge is -2.10. The van der Waals surface area contributed by atoms with Gasteiger partial charge in [-0.2, -0.15) is 5.26 Å². The van der Waals surface area contributed by atoms with E-state index >= 15 is 0 Å². The molecule has 0 bridgehead atoms. The number of carbonyl (C=O) groups is 1. The highest BCUT2D eigenvalue weighted by Crippen LogP contribution is 2.25. The van der Waals surface area contributed by atoms with Crippen LogP contribution in [0.3, 0.4) is 0 Å². The number of ether oxygens (including phenoxy) is 1. The second-order valence-electron chi connectivity index (χ2n) is 6.04. The lowest BCUT2D eigenvalue weighted by Crippen LogP contribution is -2.30. The molecule has 0 spiro atoms. The molecule has 0 saturated heterocycles. The number of nitriles is 1. The van der Waals surface area contributed by atoms with E-state index in [0.29, 0.717) is 28.8 Å². The summed E-state index contributed by atoms with van der Waals surface area (Å²) in [4.78, 5) is 11.9. The van der Waals surface area contributed by atoms with Crippen LogP contribution in [0.25, 0.3) is 0 Å². The molecule has 130 valence electrons. The van der Waals surface area contributed by atoms with Crippen molar-refractivity contribution in [2.24, 2.45) is 0 Å². The molecule has 25 heavy (non-hydrogen) atoms. The zero-order chi connectivity index (χ0) is 18.2. The molecular formula is C20H21ClN2O2. The Morgan fingerprint density at radius 1 is 1.24 bits per heavy atom. The van der Waals surface area contributed by atoms with Gasteiger partial charge in [0.15, 0.2) is 6.61 Å². The van der Waals surface area contributed by atoms with Gasteiger partial charge in [0.1, 0.15) is 5.75 Å². The molecule has 2 rings (SSSR count). The molecule has 4 nitrogen and oxygen atoms in total. The molecule has 1 N–H and O–H groups in total. The van der Waals surface area contributed by atoms with Gasteiger partial charge in [0.05, 0.1) is 16.7 Å². The molecule has 0 aliphatic carbocycles. The maximum atomic E-state index is 11.9. The second-order valence-corrected chi connectivity index (χ2v) is 6.45. The molecule has 0 heterocycles. The fourth-order valence-corrected chi connectivity index (χ4v) is 2.53. The first-order chi connectivity index (χ1) is 12.0. The van der Waals surface area contributed by atoms with E-state index in [-0.39, 0.29) is 12.5 Å². The van der Waals surface area contributed by atoms with Crippen molar-refractivity contribution >= 4 is 17.5 Å². The lowest BCUT2D eigenvalue weighted by atomic mass is 10.0. The predicted molar refractivity (Wildman–Crippen MR) is 98.9 cm³/mol. The lowest BCUT2D eigenvalue weighted by molar-refractivity contribution is -0.123. The molecule has 0 radical (unpaired) electrons. The third-order valence-electron chi connectivity index (χ3n) is 3.80. The quantitative estimate of drug-likeness (QED) is 0.813. The largest absolute Gasteiger partial charge is 0.482 e.